The molecule has 6 heteroatoms. The molecule has 0 aliphatic carbocycles. The molecule has 0 unspecified atom stereocenters. The summed E-state index contributed by atoms with van der Waals surface area (Å²) in [5.41, 5.74) is 3.04. The summed E-state index contributed by atoms with van der Waals surface area (Å²) in [4.78, 5) is 28.6. The van der Waals surface area contributed by atoms with Gasteiger partial charge in [0.25, 0.3) is 5.91 Å². The summed E-state index contributed by atoms with van der Waals surface area (Å²) < 4.78 is 6.82. The lowest BCUT2D eigenvalue weighted by Crippen LogP contribution is -2.51. The number of likely N-dealkylation sites (N-methyl/N-ethyl adjacent to an activating group) is 1. The Hall–Kier alpha value is -3.64. The van der Waals surface area contributed by atoms with E-state index >= 15 is 0 Å². The lowest BCUT2D eigenvalue weighted by molar-refractivity contribution is -0.142. The summed E-state index contributed by atoms with van der Waals surface area (Å²) in [5.74, 6) is 0.146. The van der Waals surface area contributed by atoms with Gasteiger partial charge in [-0.05, 0) is 57.7 Å². The number of ether oxygens (including phenoxy) is 1. The summed E-state index contributed by atoms with van der Waals surface area (Å²) in [6, 6.07) is 28.9. The number of halogens is 1. The molecule has 0 fully saturated rings. The number of benzene rings is 4. The minimum absolute atomic E-state index is 0.181. The Labute approximate surface area is 226 Å². The van der Waals surface area contributed by atoms with Crippen LogP contribution in [-0.2, 0) is 22.6 Å². The Morgan fingerprint density at radius 1 is 0.919 bits per heavy atom. The van der Waals surface area contributed by atoms with Gasteiger partial charge in [0.2, 0.25) is 5.91 Å². The fourth-order valence-electron chi connectivity index (χ4n) is 4.40. The normalized spacial score (nSPS) is 11.6. The molecule has 4 aromatic carbocycles. The number of rotatable bonds is 10. The van der Waals surface area contributed by atoms with Crippen LogP contribution in [0.3, 0.4) is 0 Å². The van der Waals surface area contributed by atoms with Gasteiger partial charge >= 0.3 is 0 Å². The smallest absolute Gasteiger partial charge is 0.261 e. The van der Waals surface area contributed by atoms with Crippen molar-refractivity contribution in [3.63, 3.8) is 0 Å². The van der Waals surface area contributed by atoms with Crippen molar-refractivity contribution in [2.75, 3.05) is 13.2 Å². The number of nitrogens with one attached hydrogen (secondary N) is 1. The van der Waals surface area contributed by atoms with Crippen molar-refractivity contribution in [3.05, 3.63) is 112 Å². The quantitative estimate of drug-likeness (QED) is 0.257. The van der Waals surface area contributed by atoms with Crippen LogP contribution in [0.4, 0.5) is 0 Å². The molecule has 1 N–H and O–H groups in total. The highest BCUT2D eigenvalue weighted by atomic mass is 79.9. The standard InChI is InChI=1S/C31H31BrN2O3/c1-3-33-31(36)27(19-23-11-5-4-6-12-23)34(20-24-13-9-10-22(2)18-24)29(35)21-37-28-17-16-25-14-7-8-15-26(25)30(28)32/h4-18,27H,3,19-21H2,1-2H3,(H,33,36)/t27-/m0/s1. The second kappa shape index (κ2) is 12.5. The van der Waals surface area contributed by atoms with Crippen LogP contribution in [-0.4, -0.2) is 35.9 Å². The first-order valence-electron chi connectivity index (χ1n) is 12.4. The van der Waals surface area contributed by atoms with Gasteiger partial charge in [-0.15, -0.1) is 0 Å². The molecule has 0 aliphatic rings. The highest BCUT2D eigenvalue weighted by Crippen LogP contribution is 2.33. The zero-order chi connectivity index (χ0) is 26.2. The zero-order valence-corrected chi connectivity index (χ0v) is 22.7. The Balaban J connectivity index is 1.63. The Bertz CT molecular complexity index is 1370. The predicted molar refractivity (Wildman–Crippen MR) is 151 cm³/mol. The van der Waals surface area contributed by atoms with E-state index in [0.717, 1.165) is 31.9 Å². The number of aryl methyl sites for hydroxylation is 1. The first-order valence-corrected chi connectivity index (χ1v) is 13.2. The summed E-state index contributed by atoms with van der Waals surface area (Å²) in [6.45, 7) is 4.49. The molecule has 0 aromatic heterocycles. The van der Waals surface area contributed by atoms with Crippen molar-refractivity contribution in [3.8, 4) is 5.75 Å². The summed E-state index contributed by atoms with van der Waals surface area (Å²) in [7, 11) is 0. The molecule has 37 heavy (non-hydrogen) atoms. The van der Waals surface area contributed by atoms with Gasteiger partial charge in [0.15, 0.2) is 6.61 Å². The number of hydrogen-bond acceptors (Lipinski definition) is 3. The monoisotopic (exact) mass is 558 g/mol. The Kier molecular flexibility index (Phi) is 8.96. The van der Waals surface area contributed by atoms with Gasteiger partial charge in [-0.1, -0.05) is 90.5 Å². The van der Waals surface area contributed by atoms with Crippen molar-refractivity contribution in [2.45, 2.75) is 32.9 Å². The molecular weight excluding hydrogens is 528 g/mol. The van der Waals surface area contributed by atoms with Crippen LogP contribution in [0.1, 0.15) is 23.6 Å². The van der Waals surface area contributed by atoms with E-state index < -0.39 is 6.04 Å². The van der Waals surface area contributed by atoms with E-state index in [1.165, 1.54) is 0 Å². The van der Waals surface area contributed by atoms with Crippen molar-refractivity contribution < 1.29 is 14.3 Å². The van der Waals surface area contributed by atoms with E-state index in [-0.39, 0.29) is 18.4 Å². The zero-order valence-electron chi connectivity index (χ0n) is 21.1. The van der Waals surface area contributed by atoms with Crippen LogP contribution < -0.4 is 10.1 Å². The Morgan fingerprint density at radius 3 is 2.41 bits per heavy atom. The number of amides is 2. The van der Waals surface area contributed by atoms with Crippen molar-refractivity contribution >= 4 is 38.5 Å². The van der Waals surface area contributed by atoms with Gasteiger partial charge in [-0.2, -0.15) is 0 Å². The molecule has 4 aromatic rings. The van der Waals surface area contributed by atoms with Crippen molar-refractivity contribution in [2.24, 2.45) is 0 Å². The van der Waals surface area contributed by atoms with Gasteiger partial charge in [0.1, 0.15) is 11.8 Å². The molecule has 0 saturated heterocycles. The van der Waals surface area contributed by atoms with Gasteiger partial charge in [0.05, 0.1) is 4.47 Å². The molecule has 190 valence electrons. The minimum Gasteiger partial charge on any atom is -0.483 e. The number of carbonyl (C=O) groups is 2. The molecule has 2 amide bonds. The van der Waals surface area contributed by atoms with E-state index in [4.69, 9.17) is 4.74 Å². The lowest BCUT2D eigenvalue weighted by atomic mass is 10.0. The third kappa shape index (κ3) is 6.77. The Morgan fingerprint density at radius 2 is 1.65 bits per heavy atom. The average molecular weight is 560 g/mol. The second-order valence-corrected chi connectivity index (χ2v) is 9.79. The molecule has 0 radical (unpaired) electrons. The maximum Gasteiger partial charge on any atom is 0.261 e. The summed E-state index contributed by atoms with van der Waals surface area (Å²) >= 11 is 3.63. The van der Waals surface area contributed by atoms with E-state index in [1.807, 2.05) is 105 Å². The van der Waals surface area contributed by atoms with Crippen LogP contribution in [0.25, 0.3) is 10.8 Å². The second-order valence-electron chi connectivity index (χ2n) is 9.00. The fraction of sp³-hybridized carbons (Fsp3) is 0.226. The maximum absolute atomic E-state index is 13.7. The van der Waals surface area contributed by atoms with Crippen molar-refractivity contribution in [1.29, 1.82) is 0 Å². The van der Waals surface area contributed by atoms with Gasteiger partial charge < -0.3 is 15.0 Å². The number of nitrogens with zero attached hydrogens (tertiary/aromatic N) is 1. The lowest BCUT2D eigenvalue weighted by Gasteiger charge is -2.31. The summed E-state index contributed by atoms with van der Waals surface area (Å²) in [6.07, 6.45) is 0.407. The van der Waals surface area contributed by atoms with Crippen LogP contribution >= 0.6 is 15.9 Å². The SMILES string of the molecule is CCNC(=O)[C@H](Cc1ccccc1)N(Cc1cccc(C)c1)C(=O)COc1ccc2ccccc2c1Br. The van der Waals surface area contributed by atoms with Crippen LogP contribution in [0.2, 0.25) is 0 Å². The average Bonchev–Trinajstić information content (AvgIpc) is 2.91. The maximum atomic E-state index is 13.7. The van der Waals surface area contributed by atoms with Crippen molar-refractivity contribution in [1.82, 2.24) is 10.2 Å². The van der Waals surface area contributed by atoms with E-state index in [0.29, 0.717) is 25.3 Å². The van der Waals surface area contributed by atoms with E-state index in [2.05, 4.69) is 21.2 Å². The largest absolute Gasteiger partial charge is 0.483 e. The molecule has 0 aliphatic heterocycles. The molecule has 1 atom stereocenters. The number of hydrogen-bond donors (Lipinski definition) is 1. The molecule has 5 nitrogen and oxygen atoms in total. The highest BCUT2D eigenvalue weighted by molar-refractivity contribution is 9.10. The van der Waals surface area contributed by atoms with Gasteiger partial charge in [-0.3, -0.25) is 9.59 Å². The van der Waals surface area contributed by atoms with Crippen LogP contribution in [0.15, 0.2) is 95.5 Å². The highest BCUT2D eigenvalue weighted by Gasteiger charge is 2.30. The molecule has 0 bridgehead atoms. The van der Waals surface area contributed by atoms with Crippen LogP contribution in [0.5, 0.6) is 5.75 Å². The molecular formula is C31H31BrN2O3. The minimum atomic E-state index is -0.681. The molecule has 0 spiro atoms. The third-order valence-corrected chi connectivity index (χ3v) is 7.05. The summed E-state index contributed by atoms with van der Waals surface area (Å²) in [5, 5.41) is 5.01. The van der Waals surface area contributed by atoms with Gasteiger partial charge in [0, 0.05) is 19.5 Å². The molecule has 0 saturated carbocycles. The molecule has 0 heterocycles. The topological polar surface area (TPSA) is 58.6 Å². The molecule has 4 rings (SSSR count). The third-order valence-electron chi connectivity index (χ3n) is 6.24. The first kappa shape index (κ1) is 26.4. The van der Waals surface area contributed by atoms with Gasteiger partial charge in [-0.25, -0.2) is 0 Å². The first-order chi connectivity index (χ1) is 18.0. The van der Waals surface area contributed by atoms with Crippen LogP contribution in [0, 0.1) is 6.92 Å². The fourth-order valence-corrected chi connectivity index (χ4v) is 5.01. The van der Waals surface area contributed by atoms with E-state index in [1.54, 1.807) is 4.90 Å². The number of carbonyl (C=O) groups excluding carboxylic acids is 2. The van der Waals surface area contributed by atoms with E-state index in [9.17, 15) is 9.59 Å². The predicted octanol–water partition coefficient (Wildman–Crippen LogP) is 6.07. The number of fused-ring (bicyclic) bond motifs is 1.